The molecule has 0 radical (unpaired) electrons. The highest BCUT2D eigenvalue weighted by molar-refractivity contribution is 6.22. The molecule has 3 amide bonds. The smallest absolute Gasteiger partial charge is 0.321 e. The van der Waals surface area contributed by atoms with Crippen LogP contribution in [0.2, 0.25) is 0 Å². The Bertz CT molecular complexity index is 5550. The Kier molecular flexibility index (Phi) is 23.3. The second-order valence-corrected chi connectivity index (χ2v) is 24.5. The van der Waals surface area contributed by atoms with Gasteiger partial charge in [0.1, 0.15) is 17.5 Å². The summed E-state index contributed by atoms with van der Waals surface area (Å²) >= 11 is 0. The Morgan fingerprint density at radius 3 is 1.35 bits per heavy atom. The number of cyclic esters (lactones) is 2. The number of fused-ring (bicyclic) bond motifs is 3. The molecule has 0 aliphatic carbocycles. The summed E-state index contributed by atoms with van der Waals surface area (Å²) in [6, 6.07) is 71.4. The minimum atomic E-state index is -1.14. The minimum Gasteiger partial charge on any atom is -0.481 e. The molecular weight excluding hydrogens is 1340 g/mol. The maximum absolute atomic E-state index is 14.7. The van der Waals surface area contributed by atoms with E-state index in [1.165, 1.54) is 35.9 Å². The summed E-state index contributed by atoms with van der Waals surface area (Å²) in [4.78, 5) is 109. The predicted molar refractivity (Wildman–Crippen MR) is 392 cm³/mol. The highest BCUT2D eigenvalue weighted by atomic mass is 19.1. The molecule has 10 aromatic carbocycles. The molecule has 105 heavy (non-hydrogen) atoms. The first-order valence-corrected chi connectivity index (χ1v) is 33.1. The van der Waals surface area contributed by atoms with Gasteiger partial charge in [0.05, 0.1) is 74.5 Å². The van der Waals surface area contributed by atoms with Gasteiger partial charge in [0.25, 0.3) is 16.7 Å². The Morgan fingerprint density at radius 2 is 0.914 bits per heavy atom. The fourth-order valence-corrected chi connectivity index (χ4v) is 12.0. The number of H-pyrrole nitrogens is 3. The third-order valence-corrected chi connectivity index (χ3v) is 17.3. The molecule has 2 aliphatic heterocycles. The van der Waals surface area contributed by atoms with E-state index in [1.54, 1.807) is 133 Å². The van der Waals surface area contributed by atoms with Crippen molar-refractivity contribution in [3.8, 4) is 0 Å². The number of nitrogens with two attached hydrogens (primary N) is 1. The first-order chi connectivity index (χ1) is 50.8. The fourth-order valence-electron chi connectivity index (χ4n) is 12.0. The number of carboxylic acids is 1. The van der Waals surface area contributed by atoms with Crippen molar-refractivity contribution in [3.05, 3.63) is 353 Å². The normalized spacial score (nSPS) is 14.0. The number of carboxylic acid groups (broad SMARTS) is 1. The highest BCUT2D eigenvalue weighted by Gasteiger charge is 2.41. The van der Waals surface area contributed by atoms with Crippen LogP contribution in [-0.2, 0) is 52.8 Å². The van der Waals surface area contributed by atoms with Crippen molar-refractivity contribution in [3.63, 3.8) is 0 Å². The van der Waals surface area contributed by atoms with Crippen LogP contribution in [0.25, 0.3) is 32.3 Å². The number of imide groups is 1. The number of aryl methyl sites for hydroxylation is 1. The van der Waals surface area contributed by atoms with Crippen molar-refractivity contribution >= 4 is 85.0 Å². The molecular formula is C82H66F3N9O11. The van der Waals surface area contributed by atoms with Crippen LogP contribution in [0.1, 0.15) is 93.0 Å². The molecule has 15 rings (SSSR count). The molecule has 7 N–H and O–H groups in total. The second kappa shape index (κ2) is 33.7. The van der Waals surface area contributed by atoms with E-state index >= 15 is 0 Å². The summed E-state index contributed by atoms with van der Waals surface area (Å²) in [5, 5.41) is 35.6. The largest absolute Gasteiger partial charge is 0.481 e. The number of aromatic amines is 3. The quantitative estimate of drug-likeness (QED) is 0.0255. The van der Waals surface area contributed by atoms with Crippen LogP contribution < -0.4 is 32.6 Å². The van der Waals surface area contributed by atoms with Crippen LogP contribution in [0.5, 0.6) is 0 Å². The van der Waals surface area contributed by atoms with E-state index in [0.29, 0.717) is 74.3 Å². The van der Waals surface area contributed by atoms with Gasteiger partial charge in [-0.1, -0.05) is 200 Å². The zero-order valence-corrected chi connectivity index (χ0v) is 56.2. The maximum Gasteiger partial charge on any atom is 0.321 e. The maximum atomic E-state index is 14.7. The molecule has 0 spiro atoms. The standard InChI is InChI=1S/C25H20FN3O4.C25H18FN3O3.C15H12FN3O.C10H8O3.C7H8/c26-20-11-10-15(12-21-17-8-4-5-9-18(17)24(31)29-28-21)13-22(20)27-23(30)14-19(25(32)33)16-6-2-1-3-7-16;26-20-11-10-15(12-21-17-8-4-5-9-18(17)24(31)28-27-21)13-22(20)29-23(30)14-19(25(29)32)16-6-2-1-3-7-16;16-12-6-5-9(7-13(12)17)8-14-10-3-1-2-4-11(10)15(20)19-18-14;11-9-6-8(10(12)13-9)7-4-2-1-3-5-7;1-7-5-3-2-4-6-7/h1-11,13,19H,12,14H2,(H,27,30)(H,29,31)(H,32,33);1-11,13,19H,12,14H2,(H,28,31);1-7H,8,17H2,(H,19,20);1-5,8H,6H2;2-6H,1H3. The Hall–Kier alpha value is -13.6. The fraction of sp³-hybridized carbons (Fsp3) is 0.122. The number of hydrogen-bond donors (Lipinski definition) is 6. The zero-order chi connectivity index (χ0) is 74.1. The Balaban J connectivity index is 0.000000141. The van der Waals surface area contributed by atoms with Gasteiger partial charge in [-0.2, -0.15) is 15.3 Å². The van der Waals surface area contributed by atoms with E-state index in [-0.39, 0.29) is 53.0 Å². The number of carbonyl (C=O) groups is 6. The zero-order valence-electron chi connectivity index (χ0n) is 56.2. The van der Waals surface area contributed by atoms with E-state index in [0.717, 1.165) is 32.7 Å². The van der Waals surface area contributed by atoms with Gasteiger partial charge in [-0.3, -0.25) is 43.2 Å². The van der Waals surface area contributed by atoms with Gasteiger partial charge in [-0.05, 0) is 94.9 Å². The molecule has 23 heteroatoms. The summed E-state index contributed by atoms with van der Waals surface area (Å²) in [5.74, 6) is -7.29. The molecule has 5 heterocycles. The third kappa shape index (κ3) is 18.1. The van der Waals surface area contributed by atoms with Crippen molar-refractivity contribution in [1.82, 2.24) is 30.6 Å². The summed E-state index contributed by atoms with van der Waals surface area (Å²) in [6.45, 7) is 2.08. The Labute approximate surface area is 597 Å². The van der Waals surface area contributed by atoms with Crippen LogP contribution in [-0.4, -0.2) is 71.3 Å². The molecule has 526 valence electrons. The van der Waals surface area contributed by atoms with Gasteiger partial charge in [-0.15, -0.1) is 0 Å². The average molecular weight is 1410 g/mol. The third-order valence-electron chi connectivity index (χ3n) is 17.3. The molecule has 0 saturated carbocycles. The van der Waals surface area contributed by atoms with Crippen LogP contribution in [0.15, 0.2) is 263 Å². The lowest BCUT2D eigenvalue weighted by molar-refractivity contribution is -0.152. The average Bonchev–Trinajstić information content (AvgIpc) is 1.68. The number of benzene rings is 10. The number of halogens is 3. The lowest BCUT2D eigenvalue weighted by atomic mass is 9.95. The number of aromatic nitrogens is 6. The van der Waals surface area contributed by atoms with E-state index in [9.17, 15) is 61.4 Å². The van der Waals surface area contributed by atoms with Gasteiger partial charge in [0.2, 0.25) is 17.7 Å². The number of ether oxygens (including phenoxy) is 1. The number of nitrogens with zero attached hydrogens (tertiary/aromatic N) is 4. The first-order valence-electron chi connectivity index (χ1n) is 33.1. The molecule has 2 fully saturated rings. The molecule has 3 atom stereocenters. The van der Waals surface area contributed by atoms with Crippen molar-refractivity contribution in [1.29, 1.82) is 0 Å². The van der Waals surface area contributed by atoms with Gasteiger partial charge in [0.15, 0.2) is 0 Å². The second-order valence-electron chi connectivity index (χ2n) is 24.5. The topological polar surface area (TPSA) is 310 Å². The van der Waals surface area contributed by atoms with Crippen molar-refractivity contribution in [2.75, 3.05) is 16.0 Å². The summed E-state index contributed by atoms with van der Waals surface area (Å²) in [6.07, 6.45) is 0.892. The molecule has 3 aromatic heterocycles. The SMILES string of the molecule is Cc1ccccc1.Nc1cc(Cc2n[nH]c(=O)c3ccccc23)ccc1F.O=C(CC(C(=O)O)c1ccccc1)Nc1cc(Cc2n[nH]c(=O)c3ccccc23)ccc1F.O=C1CC(c2ccccc2)C(=O)N1c1cc(Cc2n[nH]c(=O)c3ccccc23)ccc1F.O=C1CC(c2ccccc2)C(=O)O1. The number of anilines is 3. The highest BCUT2D eigenvalue weighted by Crippen LogP contribution is 2.36. The van der Waals surface area contributed by atoms with Crippen LogP contribution in [0, 0.1) is 24.4 Å². The molecule has 2 aliphatic rings. The van der Waals surface area contributed by atoms with Crippen LogP contribution >= 0.6 is 0 Å². The van der Waals surface area contributed by atoms with E-state index in [2.05, 4.69) is 59.7 Å². The lowest BCUT2D eigenvalue weighted by Gasteiger charge is -2.17. The number of aliphatic carboxylic acids is 1. The number of rotatable bonds is 14. The molecule has 0 bridgehead atoms. The Morgan fingerprint density at radius 1 is 0.505 bits per heavy atom. The van der Waals surface area contributed by atoms with Gasteiger partial charge in [0, 0.05) is 48.3 Å². The minimum absolute atomic E-state index is 0.00136. The van der Waals surface area contributed by atoms with Gasteiger partial charge in [-0.25, -0.2) is 33.4 Å². The number of nitrogens with one attached hydrogen (secondary N) is 4. The monoisotopic (exact) mass is 1410 g/mol. The van der Waals surface area contributed by atoms with Crippen molar-refractivity contribution < 1.29 is 51.8 Å². The summed E-state index contributed by atoms with van der Waals surface area (Å²) in [7, 11) is 0. The predicted octanol–water partition coefficient (Wildman–Crippen LogP) is 13.0. The molecule has 3 unspecified atom stereocenters. The van der Waals surface area contributed by atoms with Crippen LogP contribution in [0.4, 0.5) is 30.2 Å². The summed E-state index contributed by atoms with van der Waals surface area (Å²) in [5.41, 5.74) is 12.2. The van der Waals surface area contributed by atoms with E-state index in [4.69, 9.17) is 5.73 Å². The van der Waals surface area contributed by atoms with Crippen molar-refractivity contribution in [2.24, 2.45) is 0 Å². The van der Waals surface area contributed by atoms with E-state index in [1.807, 2.05) is 72.8 Å². The van der Waals surface area contributed by atoms with E-state index < -0.39 is 70.8 Å². The molecule has 2 saturated heterocycles. The number of hydrogen-bond acceptors (Lipinski definition) is 14. The van der Waals surface area contributed by atoms with Crippen molar-refractivity contribution in [2.45, 2.75) is 63.2 Å². The lowest BCUT2D eigenvalue weighted by Crippen LogP contribution is -2.31. The number of nitrogen functional groups attached to an aromatic ring is 1. The van der Waals surface area contributed by atoms with Crippen LogP contribution in [0.3, 0.4) is 0 Å². The first kappa shape index (κ1) is 72.7. The number of carbonyl (C=O) groups excluding carboxylic acids is 5. The van der Waals surface area contributed by atoms with Gasteiger partial charge < -0.3 is 20.9 Å². The molecule has 13 aromatic rings. The number of amides is 3. The number of esters is 2. The summed E-state index contributed by atoms with van der Waals surface area (Å²) < 4.78 is 46.7. The van der Waals surface area contributed by atoms with Gasteiger partial charge >= 0.3 is 17.9 Å². The molecule has 20 nitrogen and oxygen atoms in total.